The van der Waals surface area contributed by atoms with Crippen molar-refractivity contribution in [1.82, 2.24) is 5.32 Å². The van der Waals surface area contributed by atoms with Gasteiger partial charge in [-0.3, -0.25) is 4.79 Å². The van der Waals surface area contributed by atoms with Gasteiger partial charge in [0.15, 0.2) is 0 Å². The summed E-state index contributed by atoms with van der Waals surface area (Å²) in [4.78, 5) is 11.9. The molecule has 0 aromatic heterocycles. The lowest BCUT2D eigenvalue weighted by Crippen LogP contribution is -2.53. The van der Waals surface area contributed by atoms with Crippen molar-refractivity contribution < 1.29 is 19.3 Å². The minimum atomic E-state index is -0.341. The average Bonchev–Trinajstić information content (AvgIpc) is 2.42. The van der Waals surface area contributed by atoms with Crippen LogP contribution in [0.3, 0.4) is 0 Å². The van der Waals surface area contributed by atoms with Crippen LogP contribution < -0.4 is 5.32 Å². The molecule has 0 saturated carbocycles. The number of phenolic OH excluding ortho intramolecular Hbond substituents is 1. The van der Waals surface area contributed by atoms with Crippen molar-refractivity contribution >= 4 is 17.5 Å². The Morgan fingerprint density at radius 1 is 1.45 bits per heavy atom. The number of nitrogens with one attached hydrogen (secondary N) is 1. The summed E-state index contributed by atoms with van der Waals surface area (Å²) in [6, 6.07) is 4.27. The highest BCUT2D eigenvalue weighted by molar-refractivity contribution is 6.32. The first-order chi connectivity index (χ1) is 9.50. The summed E-state index contributed by atoms with van der Waals surface area (Å²) in [6.45, 7) is 2.35. The number of carbonyl (C=O) groups is 1. The Bertz CT molecular complexity index is 489. The van der Waals surface area contributed by atoms with Gasteiger partial charge in [-0.05, 0) is 18.2 Å². The lowest BCUT2D eigenvalue weighted by molar-refractivity contribution is -0.887. The lowest BCUT2D eigenvalue weighted by atomic mass is 10.2. The molecule has 110 valence electrons. The number of hydrogen-bond acceptors (Lipinski definition) is 4. The Morgan fingerprint density at radius 3 is 2.80 bits per heavy atom. The minimum absolute atomic E-state index is 0.139. The third-order valence-electron chi connectivity index (χ3n) is 3.30. The number of aromatic hydroxyl groups is 1. The SMILES string of the molecule is O=C(NCC[N+]1([O-])CCOCC1)c1ccc(Cl)c(O)c1. The second-order valence-corrected chi connectivity index (χ2v) is 5.17. The van der Waals surface area contributed by atoms with E-state index in [1.807, 2.05) is 0 Å². The quantitative estimate of drug-likeness (QED) is 0.645. The van der Waals surface area contributed by atoms with E-state index in [0.717, 1.165) is 0 Å². The smallest absolute Gasteiger partial charge is 0.251 e. The molecular weight excluding hydrogens is 284 g/mol. The molecule has 0 radical (unpaired) electrons. The first kappa shape index (κ1) is 15.1. The Labute approximate surface area is 122 Å². The number of carbonyl (C=O) groups excluding carboxylic acids is 1. The summed E-state index contributed by atoms with van der Waals surface area (Å²) in [5, 5.41) is 24.5. The largest absolute Gasteiger partial charge is 0.633 e. The number of halogens is 1. The number of phenols is 1. The molecule has 1 aliphatic rings. The molecule has 1 heterocycles. The second kappa shape index (κ2) is 6.41. The van der Waals surface area contributed by atoms with Crippen LogP contribution >= 0.6 is 11.6 Å². The molecule has 1 aromatic carbocycles. The van der Waals surface area contributed by atoms with Crippen LogP contribution in [0.4, 0.5) is 0 Å². The standard InChI is InChI=1S/C13H17ClN2O4/c14-11-2-1-10(9-12(11)17)13(18)15-3-4-16(19)5-7-20-8-6-16/h1-2,9,17H,3-8H2,(H,15,18). The molecule has 0 bridgehead atoms. The van der Waals surface area contributed by atoms with Crippen molar-refractivity contribution in [1.29, 1.82) is 0 Å². The number of rotatable bonds is 4. The molecule has 1 aromatic rings. The lowest BCUT2D eigenvalue weighted by Gasteiger charge is -2.45. The molecule has 0 unspecified atom stereocenters. The van der Waals surface area contributed by atoms with E-state index in [1.165, 1.54) is 18.2 Å². The monoisotopic (exact) mass is 300 g/mol. The first-order valence-electron chi connectivity index (χ1n) is 6.42. The maximum atomic E-state index is 12.2. The van der Waals surface area contributed by atoms with E-state index < -0.39 is 0 Å². The molecule has 6 nitrogen and oxygen atoms in total. The van der Waals surface area contributed by atoms with Gasteiger partial charge in [0, 0.05) is 5.56 Å². The van der Waals surface area contributed by atoms with E-state index in [9.17, 15) is 15.1 Å². The van der Waals surface area contributed by atoms with Gasteiger partial charge in [-0.15, -0.1) is 0 Å². The van der Waals surface area contributed by atoms with Crippen LogP contribution in [0.5, 0.6) is 5.75 Å². The zero-order valence-electron chi connectivity index (χ0n) is 11.0. The maximum Gasteiger partial charge on any atom is 0.251 e. The highest BCUT2D eigenvalue weighted by Crippen LogP contribution is 2.23. The van der Waals surface area contributed by atoms with Gasteiger partial charge in [0.1, 0.15) is 18.8 Å². The van der Waals surface area contributed by atoms with Crippen LogP contribution in [0.2, 0.25) is 5.02 Å². The third kappa shape index (κ3) is 3.83. The summed E-state index contributed by atoms with van der Waals surface area (Å²) >= 11 is 5.67. The van der Waals surface area contributed by atoms with Crippen molar-refractivity contribution in [2.24, 2.45) is 0 Å². The Kier molecular flexibility index (Phi) is 4.82. The van der Waals surface area contributed by atoms with Crippen LogP contribution in [0, 0.1) is 5.21 Å². The predicted octanol–water partition coefficient (Wildman–Crippen LogP) is 1.12. The molecule has 1 amide bonds. The molecule has 7 heteroatoms. The summed E-state index contributed by atoms with van der Waals surface area (Å²) in [5.74, 6) is -0.475. The number of amides is 1. The number of hydroxylamine groups is 3. The van der Waals surface area contributed by atoms with Gasteiger partial charge in [-0.25, -0.2) is 0 Å². The maximum absolute atomic E-state index is 12.2. The molecule has 1 aliphatic heterocycles. The number of ether oxygens (including phenoxy) is 1. The van der Waals surface area contributed by atoms with Gasteiger partial charge in [-0.1, -0.05) is 11.6 Å². The van der Waals surface area contributed by atoms with E-state index in [2.05, 4.69) is 5.32 Å². The van der Waals surface area contributed by atoms with Crippen LogP contribution in [0.15, 0.2) is 18.2 Å². The molecule has 1 saturated heterocycles. The second-order valence-electron chi connectivity index (χ2n) is 4.76. The van der Waals surface area contributed by atoms with Crippen molar-refractivity contribution in [2.45, 2.75) is 0 Å². The van der Waals surface area contributed by atoms with E-state index in [4.69, 9.17) is 16.3 Å². The highest BCUT2D eigenvalue weighted by atomic mass is 35.5. The van der Waals surface area contributed by atoms with Crippen LogP contribution in [0.25, 0.3) is 0 Å². The van der Waals surface area contributed by atoms with Gasteiger partial charge in [0.2, 0.25) is 0 Å². The van der Waals surface area contributed by atoms with Crippen molar-refractivity contribution in [2.75, 3.05) is 39.4 Å². The Hall–Kier alpha value is -1.34. The van der Waals surface area contributed by atoms with Crippen molar-refractivity contribution in [3.8, 4) is 5.75 Å². The van der Waals surface area contributed by atoms with Crippen molar-refractivity contribution in [3.05, 3.63) is 34.0 Å². The normalized spacial score (nSPS) is 17.7. The topological polar surface area (TPSA) is 81.6 Å². The zero-order chi connectivity index (χ0) is 14.6. The van der Waals surface area contributed by atoms with E-state index in [0.29, 0.717) is 38.4 Å². The fraction of sp³-hybridized carbons (Fsp3) is 0.462. The number of nitrogens with zero attached hydrogens (tertiary/aromatic N) is 1. The van der Waals surface area contributed by atoms with Crippen LogP contribution in [-0.4, -0.2) is 55.1 Å². The molecule has 1 fully saturated rings. The van der Waals surface area contributed by atoms with E-state index in [1.54, 1.807) is 0 Å². The number of quaternary nitrogens is 1. The fourth-order valence-electron chi connectivity index (χ4n) is 2.03. The molecule has 2 rings (SSSR count). The fourth-order valence-corrected chi connectivity index (χ4v) is 2.15. The molecule has 0 atom stereocenters. The highest BCUT2D eigenvalue weighted by Gasteiger charge is 2.21. The van der Waals surface area contributed by atoms with Gasteiger partial charge in [0.25, 0.3) is 5.91 Å². The Balaban J connectivity index is 1.84. The Morgan fingerprint density at radius 2 is 2.15 bits per heavy atom. The summed E-state index contributed by atoms with van der Waals surface area (Å²) < 4.78 is 4.80. The number of hydrogen-bond donors (Lipinski definition) is 2. The van der Waals surface area contributed by atoms with Gasteiger partial charge < -0.3 is 25.0 Å². The van der Waals surface area contributed by atoms with Gasteiger partial charge in [0.05, 0.1) is 31.3 Å². The zero-order valence-corrected chi connectivity index (χ0v) is 11.7. The average molecular weight is 301 g/mol. The molecular formula is C13H17ClN2O4. The molecule has 2 N–H and O–H groups in total. The van der Waals surface area contributed by atoms with E-state index >= 15 is 0 Å². The van der Waals surface area contributed by atoms with E-state index in [-0.39, 0.29) is 27.9 Å². The predicted molar refractivity (Wildman–Crippen MR) is 74.5 cm³/mol. The summed E-state index contributed by atoms with van der Waals surface area (Å²) in [5.41, 5.74) is 0.311. The number of morpholine rings is 1. The molecule has 0 aliphatic carbocycles. The molecule has 0 spiro atoms. The van der Waals surface area contributed by atoms with Crippen molar-refractivity contribution in [3.63, 3.8) is 0 Å². The third-order valence-corrected chi connectivity index (χ3v) is 3.62. The van der Waals surface area contributed by atoms with Crippen LogP contribution in [-0.2, 0) is 4.74 Å². The van der Waals surface area contributed by atoms with Gasteiger partial charge in [-0.2, -0.15) is 0 Å². The number of benzene rings is 1. The first-order valence-corrected chi connectivity index (χ1v) is 6.79. The summed E-state index contributed by atoms with van der Waals surface area (Å²) in [7, 11) is 0. The van der Waals surface area contributed by atoms with Crippen LogP contribution in [0.1, 0.15) is 10.4 Å². The minimum Gasteiger partial charge on any atom is -0.633 e. The molecule has 20 heavy (non-hydrogen) atoms. The van der Waals surface area contributed by atoms with Gasteiger partial charge >= 0.3 is 0 Å². The summed E-state index contributed by atoms with van der Waals surface area (Å²) in [6.07, 6.45) is 0.